The lowest BCUT2D eigenvalue weighted by molar-refractivity contribution is 1.11. The minimum absolute atomic E-state index is 0.000295. The first-order valence-corrected chi connectivity index (χ1v) is 6.77. The number of pyridine rings is 2. The molecule has 4 heteroatoms. The lowest BCUT2D eigenvalue weighted by Crippen LogP contribution is -2.04. The number of benzene rings is 1. The summed E-state index contributed by atoms with van der Waals surface area (Å²) < 4.78 is 0. The molecule has 0 unspecified atom stereocenters. The lowest BCUT2D eigenvalue weighted by atomic mass is 10.2. The van der Waals surface area contributed by atoms with Gasteiger partial charge in [-0.3, -0.25) is 4.79 Å². The van der Waals surface area contributed by atoms with Gasteiger partial charge in [0.05, 0.1) is 10.4 Å². The third-order valence-electron chi connectivity index (χ3n) is 2.77. The molecule has 2 heterocycles. The van der Waals surface area contributed by atoms with Crippen LogP contribution in [0.5, 0.6) is 0 Å². The third kappa shape index (κ3) is 2.53. The van der Waals surface area contributed by atoms with Crippen LogP contribution in [0.4, 0.5) is 0 Å². The third-order valence-corrected chi connectivity index (χ3v) is 3.72. The summed E-state index contributed by atoms with van der Waals surface area (Å²) in [6, 6.07) is 15.2. The number of H-pyrrole nitrogens is 1. The van der Waals surface area contributed by atoms with E-state index in [4.69, 9.17) is 0 Å². The van der Waals surface area contributed by atoms with Gasteiger partial charge < -0.3 is 4.98 Å². The molecule has 0 aliphatic carbocycles. The highest BCUT2D eigenvalue weighted by atomic mass is 32.2. The van der Waals surface area contributed by atoms with Gasteiger partial charge in [-0.25, -0.2) is 4.98 Å². The predicted molar refractivity (Wildman–Crippen MR) is 77.7 cm³/mol. The molecule has 19 heavy (non-hydrogen) atoms. The molecule has 3 nitrogen and oxygen atoms in total. The first-order valence-electron chi connectivity index (χ1n) is 5.96. The fraction of sp³-hybridized carbons (Fsp3) is 0.0667. The van der Waals surface area contributed by atoms with Crippen molar-refractivity contribution in [2.45, 2.75) is 16.8 Å². The molecule has 0 aliphatic rings. The molecule has 3 aromatic rings. The van der Waals surface area contributed by atoms with Gasteiger partial charge in [0, 0.05) is 16.7 Å². The SMILES string of the molecule is Cc1ccc2c(=O)cc(Sc3ccccc3)[nH]c2n1. The number of aromatic nitrogens is 2. The highest BCUT2D eigenvalue weighted by Crippen LogP contribution is 2.25. The normalized spacial score (nSPS) is 10.8. The van der Waals surface area contributed by atoms with Crippen molar-refractivity contribution < 1.29 is 0 Å². The Morgan fingerprint density at radius 1 is 1.11 bits per heavy atom. The average Bonchev–Trinajstić information content (AvgIpc) is 2.39. The van der Waals surface area contributed by atoms with Crippen molar-refractivity contribution in [3.63, 3.8) is 0 Å². The fourth-order valence-corrected chi connectivity index (χ4v) is 2.73. The number of nitrogens with zero attached hydrogens (tertiary/aromatic N) is 1. The molecular formula is C15H12N2OS. The molecule has 0 amide bonds. The lowest BCUT2D eigenvalue weighted by Gasteiger charge is -2.04. The smallest absolute Gasteiger partial charge is 0.192 e. The monoisotopic (exact) mass is 268 g/mol. The molecule has 3 rings (SSSR count). The van der Waals surface area contributed by atoms with Gasteiger partial charge in [-0.2, -0.15) is 0 Å². The van der Waals surface area contributed by atoms with Gasteiger partial charge in [-0.1, -0.05) is 30.0 Å². The van der Waals surface area contributed by atoms with Crippen molar-refractivity contribution in [2.75, 3.05) is 0 Å². The van der Waals surface area contributed by atoms with Gasteiger partial charge >= 0.3 is 0 Å². The summed E-state index contributed by atoms with van der Waals surface area (Å²) in [7, 11) is 0. The van der Waals surface area contributed by atoms with Crippen molar-refractivity contribution in [1.29, 1.82) is 0 Å². The molecule has 94 valence electrons. The Morgan fingerprint density at radius 2 is 1.89 bits per heavy atom. The van der Waals surface area contributed by atoms with Crippen molar-refractivity contribution in [1.82, 2.24) is 9.97 Å². The van der Waals surface area contributed by atoms with Crippen LogP contribution in [0.1, 0.15) is 5.69 Å². The Labute approximate surface area is 114 Å². The maximum atomic E-state index is 12.0. The van der Waals surface area contributed by atoms with Crippen LogP contribution < -0.4 is 5.43 Å². The average molecular weight is 268 g/mol. The second kappa shape index (κ2) is 4.90. The van der Waals surface area contributed by atoms with E-state index < -0.39 is 0 Å². The van der Waals surface area contributed by atoms with Gasteiger partial charge in [-0.15, -0.1) is 0 Å². The van der Waals surface area contributed by atoms with E-state index in [0.29, 0.717) is 11.0 Å². The zero-order valence-electron chi connectivity index (χ0n) is 10.4. The van der Waals surface area contributed by atoms with Crippen molar-refractivity contribution in [3.8, 4) is 0 Å². The van der Waals surface area contributed by atoms with E-state index in [-0.39, 0.29) is 5.43 Å². The quantitative estimate of drug-likeness (QED) is 0.775. The van der Waals surface area contributed by atoms with E-state index in [9.17, 15) is 4.79 Å². The maximum Gasteiger partial charge on any atom is 0.192 e. The molecule has 0 bridgehead atoms. The zero-order chi connectivity index (χ0) is 13.2. The van der Waals surface area contributed by atoms with Gasteiger partial charge in [-0.05, 0) is 31.2 Å². The number of hydrogen-bond acceptors (Lipinski definition) is 3. The van der Waals surface area contributed by atoms with Gasteiger partial charge in [0.15, 0.2) is 5.43 Å². The molecule has 1 aromatic carbocycles. The van der Waals surface area contributed by atoms with E-state index in [2.05, 4.69) is 9.97 Å². The number of aryl methyl sites for hydroxylation is 1. The van der Waals surface area contributed by atoms with Crippen LogP contribution in [-0.2, 0) is 0 Å². The summed E-state index contributed by atoms with van der Waals surface area (Å²) in [5, 5.41) is 1.44. The van der Waals surface area contributed by atoms with Crippen LogP contribution in [0.15, 0.2) is 63.2 Å². The topological polar surface area (TPSA) is 45.8 Å². The number of fused-ring (bicyclic) bond motifs is 1. The second-order valence-electron chi connectivity index (χ2n) is 4.26. The Balaban J connectivity index is 2.08. The molecule has 0 aliphatic heterocycles. The van der Waals surface area contributed by atoms with Gasteiger partial charge in [0.1, 0.15) is 5.65 Å². The summed E-state index contributed by atoms with van der Waals surface area (Å²) >= 11 is 1.53. The molecule has 0 radical (unpaired) electrons. The largest absolute Gasteiger partial charge is 0.334 e. The van der Waals surface area contributed by atoms with Crippen molar-refractivity contribution in [3.05, 3.63) is 64.4 Å². The molecule has 1 N–H and O–H groups in total. The van der Waals surface area contributed by atoms with E-state index in [1.54, 1.807) is 6.07 Å². The molecular weight excluding hydrogens is 256 g/mol. The molecule has 0 saturated heterocycles. The minimum atomic E-state index is -0.000295. The molecule has 0 saturated carbocycles. The summed E-state index contributed by atoms with van der Waals surface area (Å²) in [5.74, 6) is 0. The minimum Gasteiger partial charge on any atom is -0.334 e. The van der Waals surface area contributed by atoms with E-state index >= 15 is 0 Å². The highest BCUT2D eigenvalue weighted by Gasteiger charge is 2.04. The zero-order valence-corrected chi connectivity index (χ0v) is 11.2. The van der Waals surface area contributed by atoms with Crippen molar-refractivity contribution >= 4 is 22.8 Å². The van der Waals surface area contributed by atoms with E-state index in [0.717, 1.165) is 15.6 Å². The Bertz CT molecular complexity index is 781. The Hall–Kier alpha value is -2.07. The number of nitrogens with one attached hydrogen (secondary N) is 1. The van der Waals surface area contributed by atoms with Crippen LogP contribution in [0.25, 0.3) is 11.0 Å². The van der Waals surface area contributed by atoms with E-state index in [1.165, 1.54) is 11.8 Å². The fourth-order valence-electron chi connectivity index (χ4n) is 1.87. The molecule has 0 spiro atoms. The van der Waals surface area contributed by atoms with Crippen LogP contribution in [0.3, 0.4) is 0 Å². The summed E-state index contributed by atoms with van der Waals surface area (Å²) in [5.41, 5.74) is 1.54. The summed E-state index contributed by atoms with van der Waals surface area (Å²) in [4.78, 5) is 20.7. The van der Waals surface area contributed by atoms with Crippen molar-refractivity contribution in [2.24, 2.45) is 0 Å². The van der Waals surface area contributed by atoms with E-state index in [1.807, 2.05) is 49.4 Å². The second-order valence-corrected chi connectivity index (χ2v) is 5.38. The van der Waals surface area contributed by atoms with Gasteiger partial charge in [0.25, 0.3) is 0 Å². The first kappa shape index (κ1) is 12.0. The predicted octanol–water partition coefficient (Wildman–Crippen LogP) is 3.38. The number of rotatable bonds is 2. The summed E-state index contributed by atoms with van der Waals surface area (Å²) in [6.45, 7) is 1.91. The molecule has 0 atom stereocenters. The van der Waals surface area contributed by atoms with Crippen LogP contribution >= 0.6 is 11.8 Å². The van der Waals surface area contributed by atoms with Gasteiger partial charge in [0.2, 0.25) is 0 Å². The maximum absolute atomic E-state index is 12.0. The standard InChI is InChI=1S/C15H12N2OS/c1-10-7-8-12-13(18)9-14(17-15(12)16-10)19-11-5-3-2-4-6-11/h2-9H,1H3,(H,16,17,18). The Kier molecular flexibility index (Phi) is 3.09. The molecule has 0 fully saturated rings. The first-order chi connectivity index (χ1) is 9.22. The highest BCUT2D eigenvalue weighted by molar-refractivity contribution is 7.99. The van der Waals surface area contributed by atoms with Crippen LogP contribution in [-0.4, -0.2) is 9.97 Å². The number of aromatic amines is 1. The summed E-state index contributed by atoms with van der Waals surface area (Å²) in [6.07, 6.45) is 0. The van der Waals surface area contributed by atoms with Crippen LogP contribution in [0, 0.1) is 6.92 Å². The molecule has 2 aromatic heterocycles. The Morgan fingerprint density at radius 3 is 2.68 bits per heavy atom. The number of hydrogen-bond donors (Lipinski definition) is 1. The van der Waals surface area contributed by atoms with Crippen LogP contribution in [0.2, 0.25) is 0 Å².